The Labute approximate surface area is 104 Å². The van der Waals surface area contributed by atoms with Gasteiger partial charge in [-0.15, -0.1) is 0 Å². The van der Waals surface area contributed by atoms with Crippen molar-refractivity contribution in [3.05, 3.63) is 48.0 Å². The highest BCUT2D eigenvalue weighted by atomic mass is 15.3. The molecule has 5 heteroatoms. The first-order valence-electron chi connectivity index (χ1n) is 5.73. The summed E-state index contributed by atoms with van der Waals surface area (Å²) in [4.78, 5) is 8.59. The fourth-order valence-corrected chi connectivity index (χ4v) is 2.01. The summed E-state index contributed by atoms with van der Waals surface area (Å²) >= 11 is 0. The number of nitrogen functional groups attached to an aromatic ring is 1. The minimum absolute atomic E-state index is 0.494. The minimum Gasteiger partial charge on any atom is -0.384 e. The van der Waals surface area contributed by atoms with Gasteiger partial charge in [0, 0.05) is 17.1 Å². The fourth-order valence-electron chi connectivity index (χ4n) is 2.01. The van der Waals surface area contributed by atoms with E-state index in [1.165, 1.54) is 0 Å². The lowest BCUT2D eigenvalue weighted by Gasteiger charge is -2.04. The van der Waals surface area contributed by atoms with Crippen LogP contribution in [0, 0.1) is 6.92 Å². The van der Waals surface area contributed by atoms with Gasteiger partial charge in [-0.05, 0) is 13.0 Å². The maximum absolute atomic E-state index is 5.72. The Morgan fingerprint density at radius 3 is 2.89 bits per heavy atom. The molecule has 2 aromatic heterocycles. The van der Waals surface area contributed by atoms with E-state index in [0.717, 1.165) is 16.6 Å². The molecule has 0 bridgehead atoms. The zero-order valence-corrected chi connectivity index (χ0v) is 10.0. The molecule has 2 N–H and O–H groups in total. The van der Waals surface area contributed by atoms with Gasteiger partial charge >= 0.3 is 0 Å². The van der Waals surface area contributed by atoms with E-state index in [2.05, 4.69) is 15.1 Å². The highest BCUT2D eigenvalue weighted by molar-refractivity contribution is 5.78. The first-order valence-corrected chi connectivity index (χ1v) is 5.73. The SMILES string of the molecule is Cc1cc(N)nc(Cn2ncc3ccccc32)n1. The van der Waals surface area contributed by atoms with Crippen molar-refractivity contribution in [2.45, 2.75) is 13.5 Å². The monoisotopic (exact) mass is 239 g/mol. The first kappa shape index (κ1) is 10.7. The molecule has 0 amide bonds. The number of aryl methyl sites for hydroxylation is 1. The van der Waals surface area contributed by atoms with E-state index in [-0.39, 0.29) is 0 Å². The molecule has 5 nitrogen and oxygen atoms in total. The summed E-state index contributed by atoms with van der Waals surface area (Å²) in [6.07, 6.45) is 1.84. The van der Waals surface area contributed by atoms with E-state index in [1.807, 2.05) is 42.1 Å². The van der Waals surface area contributed by atoms with E-state index >= 15 is 0 Å². The summed E-state index contributed by atoms with van der Waals surface area (Å²) in [5.74, 6) is 1.18. The molecule has 0 fully saturated rings. The molecule has 0 aliphatic heterocycles. The first-order chi connectivity index (χ1) is 8.72. The summed E-state index contributed by atoms with van der Waals surface area (Å²) in [6, 6.07) is 9.80. The van der Waals surface area contributed by atoms with Crippen LogP contribution in [0.25, 0.3) is 10.9 Å². The summed E-state index contributed by atoms with van der Waals surface area (Å²) in [7, 11) is 0. The van der Waals surface area contributed by atoms with Crippen molar-refractivity contribution in [1.29, 1.82) is 0 Å². The third-order valence-electron chi connectivity index (χ3n) is 2.76. The number of nitrogens with two attached hydrogens (primary N) is 1. The molecule has 3 rings (SSSR count). The number of hydrogen-bond acceptors (Lipinski definition) is 4. The topological polar surface area (TPSA) is 69.6 Å². The van der Waals surface area contributed by atoms with Gasteiger partial charge < -0.3 is 5.73 Å². The van der Waals surface area contributed by atoms with Gasteiger partial charge in [-0.2, -0.15) is 5.10 Å². The van der Waals surface area contributed by atoms with Crippen LogP contribution in [0.1, 0.15) is 11.5 Å². The van der Waals surface area contributed by atoms with E-state index in [1.54, 1.807) is 6.07 Å². The number of benzene rings is 1. The third kappa shape index (κ3) is 1.90. The van der Waals surface area contributed by atoms with Gasteiger partial charge in [0.25, 0.3) is 0 Å². The number of fused-ring (bicyclic) bond motifs is 1. The van der Waals surface area contributed by atoms with Crippen molar-refractivity contribution < 1.29 is 0 Å². The third-order valence-corrected chi connectivity index (χ3v) is 2.76. The average Bonchev–Trinajstić information content (AvgIpc) is 2.72. The lowest BCUT2D eigenvalue weighted by atomic mass is 10.2. The molecular weight excluding hydrogens is 226 g/mol. The van der Waals surface area contributed by atoms with Crippen LogP contribution in [-0.4, -0.2) is 19.7 Å². The molecule has 0 radical (unpaired) electrons. The van der Waals surface area contributed by atoms with Gasteiger partial charge in [0.15, 0.2) is 5.82 Å². The molecule has 90 valence electrons. The predicted octanol–water partition coefficient (Wildman–Crippen LogP) is 1.77. The van der Waals surface area contributed by atoms with Crippen molar-refractivity contribution in [1.82, 2.24) is 19.7 Å². The van der Waals surface area contributed by atoms with Crippen LogP contribution in [-0.2, 0) is 6.54 Å². The summed E-state index contributed by atoms with van der Waals surface area (Å²) in [5.41, 5.74) is 7.66. The van der Waals surface area contributed by atoms with E-state index in [9.17, 15) is 0 Å². The van der Waals surface area contributed by atoms with Crippen molar-refractivity contribution >= 4 is 16.7 Å². The second-order valence-electron chi connectivity index (χ2n) is 4.21. The van der Waals surface area contributed by atoms with Crippen LogP contribution < -0.4 is 5.73 Å². The van der Waals surface area contributed by atoms with Gasteiger partial charge in [0.2, 0.25) is 0 Å². The number of nitrogens with zero attached hydrogens (tertiary/aromatic N) is 4. The van der Waals surface area contributed by atoms with Crippen LogP contribution in [0.5, 0.6) is 0 Å². The molecule has 0 aliphatic rings. The fraction of sp³-hybridized carbons (Fsp3) is 0.154. The highest BCUT2D eigenvalue weighted by Gasteiger charge is 2.05. The zero-order chi connectivity index (χ0) is 12.5. The van der Waals surface area contributed by atoms with Gasteiger partial charge in [-0.25, -0.2) is 9.97 Å². The number of aromatic nitrogens is 4. The quantitative estimate of drug-likeness (QED) is 0.739. The molecule has 2 heterocycles. The van der Waals surface area contributed by atoms with Gasteiger partial charge in [-0.3, -0.25) is 4.68 Å². The molecule has 3 aromatic rings. The summed E-state index contributed by atoms with van der Waals surface area (Å²) in [5, 5.41) is 5.46. The number of para-hydroxylation sites is 1. The van der Waals surface area contributed by atoms with Crippen molar-refractivity contribution in [2.75, 3.05) is 5.73 Å². The molecule has 0 unspecified atom stereocenters. The van der Waals surface area contributed by atoms with Crippen LogP contribution in [0.3, 0.4) is 0 Å². The van der Waals surface area contributed by atoms with E-state index in [0.29, 0.717) is 18.2 Å². The van der Waals surface area contributed by atoms with Gasteiger partial charge in [0.05, 0.1) is 11.7 Å². The summed E-state index contributed by atoms with van der Waals surface area (Å²) < 4.78 is 1.88. The minimum atomic E-state index is 0.494. The second kappa shape index (κ2) is 4.10. The van der Waals surface area contributed by atoms with Crippen LogP contribution >= 0.6 is 0 Å². The predicted molar refractivity (Wildman–Crippen MR) is 70.0 cm³/mol. The molecule has 18 heavy (non-hydrogen) atoms. The lowest BCUT2D eigenvalue weighted by molar-refractivity contribution is 0.675. The van der Waals surface area contributed by atoms with E-state index < -0.39 is 0 Å². The smallest absolute Gasteiger partial charge is 0.152 e. The number of rotatable bonds is 2. The molecular formula is C13H13N5. The highest BCUT2D eigenvalue weighted by Crippen LogP contribution is 2.13. The lowest BCUT2D eigenvalue weighted by Crippen LogP contribution is -2.08. The van der Waals surface area contributed by atoms with Crippen LogP contribution in [0.2, 0.25) is 0 Å². The Morgan fingerprint density at radius 2 is 2.06 bits per heavy atom. The van der Waals surface area contributed by atoms with Gasteiger partial charge in [0.1, 0.15) is 12.4 Å². The Kier molecular flexibility index (Phi) is 2.44. The van der Waals surface area contributed by atoms with Crippen molar-refractivity contribution in [3.63, 3.8) is 0 Å². The second-order valence-corrected chi connectivity index (χ2v) is 4.21. The molecule has 0 saturated heterocycles. The molecule has 1 aromatic carbocycles. The largest absolute Gasteiger partial charge is 0.384 e. The number of anilines is 1. The Bertz CT molecular complexity index is 681. The normalized spacial score (nSPS) is 10.9. The maximum atomic E-state index is 5.72. The Balaban J connectivity index is 2.01. The molecule has 0 spiro atoms. The average molecular weight is 239 g/mol. The zero-order valence-electron chi connectivity index (χ0n) is 10.0. The maximum Gasteiger partial charge on any atom is 0.152 e. The van der Waals surface area contributed by atoms with Crippen molar-refractivity contribution in [3.8, 4) is 0 Å². The molecule has 0 atom stereocenters. The Hall–Kier alpha value is -2.43. The van der Waals surface area contributed by atoms with Crippen LogP contribution in [0.4, 0.5) is 5.82 Å². The standard InChI is InChI=1S/C13H13N5/c1-9-6-12(14)17-13(16-9)8-18-11-5-3-2-4-10(11)7-15-18/h2-7H,8H2,1H3,(H2,14,16,17). The molecule has 0 aliphatic carbocycles. The number of hydrogen-bond donors (Lipinski definition) is 1. The van der Waals surface area contributed by atoms with Gasteiger partial charge in [-0.1, -0.05) is 18.2 Å². The van der Waals surface area contributed by atoms with E-state index in [4.69, 9.17) is 5.73 Å². The molecule has 0 saturated carbocycles. The van der Waals surface area contributed by atoms with Crippen molar-refractivity contribution in [2.24, 2.45) is 0 Å². The summed E-state index contributed by atoms with van der Waals surface area (Å²) in [6.45, 7) is 2.43. The Morgan fingerprint density at radius 1 is 1.22 bits per heavy atom. The van der Waals surface area contributed by atoms with Crippen LogP contribution in [0.15, 0.2) is 36.5 Å².